The molecule has 0 saturated carbocycles. The van der Waals surface area contributed by atoms with Crippen LogP contribution in [0.5, 0.6) is 6.01 Å². The van der Waals surface area contributed by atoms with Crippen molar-refractivity contribution in [3.63, 3.8) is 0 Å². The molecule has 94 valence electrons. The number of hydrogen-bond acceptors (Lipinski definition) is 5. The summed E-state index contributed by atoms with van der Waals surface area (Å²) in [7, 11) is 1.50. The Kier molecular flexibility index (Phi) is 2.87. The number of methoxy groups -OCH3 is 1. The van der Waals surface area contributed by atoms with Crippen molar-refractivity contribution in [2.24, 2.45) is 0 Å². The van der Waals surface area contributed by atoms with Crippen LogP contribution in [0.4, 0.5) is 0 Å². The molecule has 2 heterocycles. The third kappa shape index (κ3) is 1.92. The van der Waals surface area contributed by atoms with Crippen LogP contribution in [0.1, 0.15) is 24.2 Å². The lowest BCUT2D eigenvalue weighted by atomic mass is 10.0. The van der Waals surface area contributed by atoms with Crippen molar-refractivity contribution >= 4 is 11.6 Å². The van der Waals surface area contributed by atoms with E-state index in [4.69, 9.17) is 16.3 Å². The number of nitrogens with zero attached hydrogens (tertiary/aromatic N) is 5. The Labute approximate surface area is 109 Å². The molecular weight excluding hydrogens is 254 g/mol. The van der Waals surface area contributed by atoms with Crippen molar-refractivity contribution in [3.8, 4) is 12.0 Å². The van der Waals surface area contributed by atoms with E-state index in [1.165, 1.54) is 13.5 Å². The molecule has 0 amide bonds. The maximum atomic E-state index is 5.85. The minimum absolute atomic E-state index is 0.120. The van der Waals surface area contributed by atoms with E-state index in [1.54, 1.807) is 6.33 Å². The number of aryl methyl sites for hydroxylation is 1. The molecule has 0 bridgehead atoms. The fourth-order valence-electron chi connectivity index (χ4n) is 2.16. The second kappa shape index (κ2) is 4.53. The molecule has 0 spiro atoms. The normalized spacial score (nSPS) is 14.3. The third-order valence-corrected chi connectivity index (χ3v) is 3.17. The Morgan fingerprint density at radius 2 is 2.06 bits per heavy atom. The smallest absolute Gasteiger partial charge is 0.322 e. The zero-order valence-corrected chi connectivity index (χ0v) is 10.7. The van der Waals surface area contributed by atoms with Gasteiger partial charge in [-0.1, -0.05) is 0 Å². The molecule has 1 aliphatic carbocycles. The first-order chi connectivity index (χ1) is 8.78. The molecule has 3 rings (SSSR count). The van der Waals surface area contributed by atoms with E-state index in [0.717, 1.165) is 30.7 Å². The molecule has 2 aromatic heterocycles. The molecule has 0 aromatic carbocycles. The summed E-state index contributed by atoms with van der Waals surface area (Å²) in [5.74, 6) is 0.461. The van der Waals surface area contributed by atoms with Gasteiger partial charge in [-0.15, -0.1) is 0 Å². The van der Waals surface area contributed by atoms with Crippen LogP contribution in [0, 0.1) is 0 Å². The van der Waals surface area contributed by atoms with Crippen LogP contribution in [0.2, 0.25) is 5.28 Å². The zero-order chi connectivity index (χ0) is 12.5. The van der Waals surface area contributed by atoms with E-state index in [9.17, 15) is 0 Å². The fraction of sp³-hybridized carbons (Fsp3) is 0.455. The van der Waals surface area contributed by atoms with E-state index in [1.807, 2.05) is 4.57 Å². The van der Waals surface area contributed by atoms with Gasteiger partial charge in [0.25, 0.3) is 0 Å². The zero-order valence-electron chi connectivity index (χ0n) is 9.93. The molecule has 0 aliphatic heterocycles. The Morgan fingerprint density at radius 1 is 1.22 bits per heavy atom. The number of aromatic nitrogens is 5. The van der Waals surface area contributed by atoms with Crippen molar-refractivity contribution < 1.29 is 4.74 Å². The van der Waals surface area contributed by atoms with Crippen molar-refractivity contribution in [1.29, 1.82) is 0 Å². The second-order valence-corrected chi connectivity index (χ2v) is 4.44. The first-order valence-corrected chi connectivity index (χ1v) is 6.17. The SMILES string of the molecule is COc1nc(Cl)nc(-n2cnc3c2CCCC3)n1. The Morgan fingerprint density at radius 3 is 2.89 bits per heavy atom. The highest BCUT2D eigenvalue weighted by molar-refractivity contribution is 6.28. The number of halogens is 1. The Hall–Kier alpha value is -1.69. The Balaban J connectivity index is 2.09. The molecule has 1 aliphatic rings. The van der Waals surface area contributed by atoms with E-state index >= 15 is 0 Å². The quantitative estimate of drug-likeness (QED) is 0.825. The summed E-state index contributed by atoms with van der Waals surface area (Å²) in [5, 5.41) is 0.120. The van der Waals surface area contributed by atoms with Crippen LogP contribution < -0.4 is 4.74 Å². The van der Waals surface area contributed by atoms with Crippen molar-refractivity contribution in [2.75, 3.05) is 7.11 Å². The predicted octanol–water partition coefficient (Wildman–Crippen LogP) is 1.60. The van der Waals surface area contributed by atoms with Crippen molar-refractivity contribution in [1.82, 2.24) is 24.5 Å². The number of ether oxygens (including phenoxy) is 1. The van der Waals surface area contributed by atoms with E-state index < -0.39 is 0 Å². The topological polar surface area (TPSA) is 65.7 Å². The van der Waals surface area contributed by atoms with Gasteiger partial charge in [-0.05, 0) is 37.3 Å². The van der Waals surface area contributed by atoms with Crippen molar-refractivity contribution in [3.05, 3.63) is 23.0 Å². The molecule has 0 N–H and O–H groups in total. The summed E-state index contributed by atoms with van der Waals surface area (Å²) < 4.78 is 6.86. The van der Waals surface area contributed by atoms with Gasteiger partial charge in [-0.2, -0.15) is 15.0 Å². The largest absolute Gasteiger partial charge is 0.467 e. The summed E-state index contributed by atoms with van der Waals surface area (Å²) >= 11 is 5.85. The summed E-state index contributed by atoms with van der Waals surface area (Å²) in [6.45, 7) is 0. The lowest BCUT2D eigenvalue weighted by Crippen LogP contribution is -2.10. The van der Waals surface area contributed by atoms with Gasteiger partial charge in [0, 0.05) is 5.69 Å². The molecule has 18 heavy (non-hydrogen) atoms. The van der Waals surface area contributed by atoms with Gasteiger partial charge >= 0.3 is 6.01 Å². The average molecular weight is 266 g/mol. The van der Waals surface area contributed by atoms with Gasteiger partial charge < -0.3 is 4.74 Å². The highest BCUT2D eigenvalue weighted by atomic mass is 35.5. The van der Waals surface area contributed by atoms with Gasteiger partial charge in [0.15, 0.2) is 0 Å². The highest BCUT2D eigenvalue weighted by Gasteiger charge is 2.18. The van der Waals surface area contributed by atoms with Crippen LogP contribution in [-0.4, -0.2) is 31.6 Å². The first kappa shape index (κ1) is 11.4. The third-order valence-electron chi connectivity index (χ3n) is 3.00. The number of rotatable bonds is 2. The maximum Gasteiger partial charge on any atom is 0.322 e. The van der Waals surface area contributed by atoms with Crippen molar-refractivity contribution in [2.45, 2.75) is 25.7 Å². The number of imidazole rings is 1. The van der Waals surface area contributed by atoms with Crippen LogP contribution in [0.3, 0.4) is 0 Å². The molecule has 0 atom stereocenters. The molecule has 0 radical (unpaired) electrons. The summed E-state index contributed by atoms with van der Waals surface area (Å²) in [6.07, 6.45) is 6.08. The maximum absolute atomic E-state index is 5.85. The average Bonchev–Trinajstić information content (AvgIpc) is 2.81. The molecule has 7 heteroatoms. The minimum Gasteiger partial charge on any atom is -0.467 e. The van der Waals surface area contributed by atoms with Crippen LogP contribution in [0.25, 0.3) is 5.95 Å². The molecule has 6 nitrogen and oxygen atoms in total. The van der Waals surface area contributed by atoms with Gasteiger partial charge in [0.1, 0.15) is 6.33 Å². The molecule has 0 fully saturated rings. The lowest BCUT2D eigenvalue weighted by molar-refractivity contribution is 0.377. The summed E-state index contributed by atoms with van der Waals surface area (Å²) in [4.78, 5) is 16.6. The standard InChI is InChI=1S/C11H12ClN5O/c1-18-11-15-9(12)14-10(16-11)17-6-13-7-4-2-3-5-8(7)17/h6H,2-5H2,1H3. The summed E-state index contributed by atoms with van der Waals surface area (Å²) in [5.41, 5.74) is 2.28. The van der Waals surface area contributed by atoms with Crippen LogP contribution in [-0.2, 0) is 12.8 Å². The highest BCUT2D eigenvalue weighted by Crippen LogP contribution is 2.22. The van der Waals surface area contributed by atoms with Gasteiger partial charge in [-0.3, -0.25) is 4.57 Å². The summed E-state index contributed by atoms with van der Waals surface area (Å²) in [6, 6.07) is 0.211. The monoisotopic (exact) mass is 265 g/mol. The second-order valence-electron chi connectivity index (χ2n) is 4.11. The van der Waals surface area contributed by atoms with E-state index in [-0.39, 0.29) is 11.3 Å². The van der Waals surface area contributed by atoms with Crippen LogP contribution >= 0.6 is 11.6 Å². The van der Waals surface area contributed by atoms with Gasteiger partial charge in [0.2, 0.25) is 11.2 Å². The van der Waals surface area contributed by atoms with E-state index in [0.29, 0.717) is 5.95 Å². The predicted molar refractivity (Wildman–Crippen MR) is 65.2 cm³/mol. The first-order valence-electron chi connectivity index (χ1n) is 5.79. The van der Waals surface area contributed by atoms with E-state index in [2.05, 4.69) is 19.9 Å². The molecule has 0 saturated heterocycles. The minimum atomic E-state index is 0.120. The fourth-order valence-corrected chi connectivity index (χ4v) is 2.31. The molecule has 2 aromatic rings. The molecular formula is C11H12ClN5O. The molecule has 0 unspecified atom stereocenters. The van der Waals surface area contributed by atoms with Crippen LogP contribution in [0.15, 0.2) is 6.33 Å². The lowest BCUT2D eigenvalue weighted by Gasteiger charge is -2.13. The Bertz CT molecular complexity index is 583. The number of hydrogen-bond donors (Lipinski definition) is 0. The number of fused-ring (bicyclic) bond motifs is 1. The van der Waals surface area contributed by atoms with Gasteiger partial charge in [-0.25, -0.2) is 4.98 Å². The van der Waals surface area contributed by atoms with Gasteiger partial charge in [0.05, 0.1) is 12.8 Å².